The highest BCUT2D eigenvalue weighted by Gasteiger charge is 2.45. The summed E-state index contributed by atoms with van der Waals surface area (Å²) in [5, 5.41) is 3.24. The fourth-order valence-corrected chi connectivity index (χ4v) is 6.23. The molecule has 0 bridgehead atoms. The normalized spacial score (nSPS) is 27.7. The van der Waals surface area contributed by atoms with Gasteiger partial charge in [-0.1, -0.05) is 18.6 Å². The number of hydrogen-bond donors (Lipinski definition) is 1. The van der Waals surface area contributed by atoms with E-state index in [-0.39, 0.29) is 42.9 Å². The van der Waals surface area contributed by atoms with Crippen molar-refractivity contribution in [1.29, 1.82) is 0 Å². The maximum Gasteiger partial charge on any atom is 0.391 e. The quantitative estimate of drug-likeness (QED) is 0.675. The summed E-state index contributed by atoms with van der Waals surface area (Å²) in [6, 6.07) is 5.07. The number of nitrogens with one attached hydrogen (secondary N) is 1. The largest absolute Gasteiger partial charge is 0.391 e. The van der Waals surface area contributed by atoms with E-state index in [9.17, 15) is 26.0 Å². The van der Waals surface area contributed by atoms with Crippen molar-refractivity contribution in [3.63, 3.8) is 0 Å². The minimum absolute atomic E-state index is 0.0247. The molecule has 4 rings (SSSR count). The van der Waals surface area contributed by atoms with Crippen LogP contribution in [0.15, 0.2) is 41.8 Å². The van der Waals surface area contributed by atoms with Crippen molar-refractivity contribution in [3.05, 3.63) is 48.2 Å². The summed E-state index contributed by atoms with van der Waals surface area (Å²) in [6.07, 6.45) is -0.261. The van der Waals surface area contributed by atoms with Gasteiger partial charge in [0, 0.05) is 44.3 Å². The first-order valence-corrected chi connectivity index (χ1v) is 12.0. The molecule has 2 heterocycles. The molecule has 1 aromatic carbocycles. The number of rotatable bonds is 5. The van der Waals surface area contributed by atoms with Gasteiger partial charge in [0.1, 0.15) is 5.82 Å². The lowest BCUT2D eigenvalue weighted by atomic mass is 9.84. The predicted molar refractivity (Wildman–Crippen MR) is 110 cm³/mol. The third-order valence-electron chi connectivity index (χ3n) is 6.46. The van der Waals surface area contributed by atoms with Crippen LogP contribution in [0.1, 0.15) is 37.2 Å². The van der Waals surface area contributed by atoms with Gasteiger partial charge >= 0.3 is 6.18 Å². The van der Waals surface area contributed by atoms with Gasteiger partial charge in [0.2, 0.25) is 0 Å². The van der Waals surface area contributed by atoms with E-state index in [4.69, 9.17) is 0 Å². The highest BCUT2D eigenvalue weighted by Crippen LogP contribution is 2.39. The van der Waals surface area contributed by atoms with Gasteiger partial charge in [0.15, 0.2) is 5.03 Å². The second-order valence-corrected chi connectivity index (χ2v) is 10.6. The summed E-state index contributed by atoms with van der Waals surface area (Å²) < 4.78 is 82.3. The summed E-state index contributed by atoms with van der Waals surface area (Å²) in [7, 11) is -2.20. The smallest absolute Gasteiger partial charge is 0.339 e. The second-order valence-electron chi connectivity index (χ2n) is 8.73. The molecule has 11 heteroatoms. The van der Waals surface area contributed by atoms with Crippen LogP contribution in [0.3, 0.4) is 0 Å². The molecule has 0 spiro atoms. The van der Waals surface area contributed by atoms with Gasteiger partial charge < -0.3 is 9.88 Å². The number of benzene rings is 1. The minimum Gasteiger partial charge on any atom is -0.339 e. The number of halogens is 4. The molecule has 2 aliphatic rings. The van der Waals surface area contributed by atoms with Crippen molar-refractivity contribution in [3.8, 4) is 0 Å². The number of alkyl halides is 3. The van der Waals surface area contributed by atoms with Crippen LogP contribution in [0.4, 0.5) is 17.6 Å². The van der Waals surface area contributed by atoms with Gasteiger partial charge in [-0.25, -0.2) is 17.8 Å². The Balaban J connectivity index is 1.57. The molecular weight excluding hydrogens is 448 g/mol. The Morgan fingerprint density at radius 2 is 1.84 bits per heavy atom. The lowest BCUT2D eigenvalue weighted by molar-refractivity contribution is -0.183. The van der Waals surface area contributed by atoms with Crippen molar-refractivity contribution in [2.24, 2.45) is 13.0 Å². The topological polar surface area (TPSA) is 67.2 Å². The molecule has 2 fully saturated rings. The predicted octanol–water partition coefficient (Wildman–Crippen LogP) is 3.43. The molecule has 1 aliphatic carbocycles. The molecule has 1 aromatic heterocycles. The van der Waals surface area contributed by atoms with Crippen LogP contribution in [0, 0.1) is 11.7 Å². The van der Waals surface area contributed by atoms with Crippen molar-refractivity contribution >= 4 is 10.0 Å². The molecule has 2 unspecified atom stereocenters. The Morgan fingerprint density at radius 3 is 2.47 bits per heavy atom. The van der Waals surface area contributed by atoms with Crippen LogP contribution in [-0.4, -0.2) is 53.6 Å². The zero-order valence-corrected chi connectivity index (χ0v) is 18.4. The number of hydrogen-bond acceptors (Lipinski definition) is 4. The van der Waals surface area contributed by atoms with E-state index in [0.29, 0.717) is 12.8 Å². The molecule has 32 heavy (non-hydrogen) atoms. The van der Waals surface area contributed by atoms with E-state index in [1.807, 2.05) is 0 Å². The fourth-order valence-electron chi connectivity index (χ4n) is 4.78. The first-order chi connectivity index (χ1) is 15.0. The number of imidazole rings is 1. The molecular formula is C21H26F4N4O2S. The third-order valence-corrected chi connectivity index (χ3v) is 8.17. The molecule has 4 atom stereocenters. The van der Waals surface area contributed by atoms with E-state index in [1.165, 1.54) is 33.5 Å². The summed E-state index contributed by atoms with van der Waals surface area (Å²) in [5.74, 6) is -2.08. The zero-order chi connectivity index (χ0) is 23.1. The first kappa shape index (κ1) is 23.2. The van der Waals surface area contributed by atoms with Gasteiger partial charge in [0.05, 0.1) is 12.2 Å². The maximum absolute atomic E-state index is 13.4. The molecule has 1 aliphatic heterocycles. The monoisotopic (exact) mass is 474 g/mol. The van der Waals surface area contributed by atoms with E-state index in [1.54, 1.807) is 19.2 Å². The molecule has 1 N–H and O–H groups in total. The van der Waals surface area contributed by atoms with Gasteiger partial charge in [-0.15, -0.1) is 0 Å². The zero-order valence-electron chi connectivity index (χ0n) is 17.6. The van der Waals surface area contributed by atoms with Gasteiger partial charge in [-0.05, 0) is 37.0 Å². The van der Waals surface area contributed by atoms with Crippen molar-refractivity contribution in [2.45, 2.75) is 54.9 Å². The lowest BCUT2D eigenvalue weighted by Crippen LogP contribution is -2.46. The van der Waals surface area contributed by atoms with Crippen LogP contribution in [0.2, 0.25) is 0 Å². The minimum atomic E-state index is -4.24. The summed E-state index contributed by atoms with van der Waals surface area (Å²) in [4.78, 5) is 3.96. The van der Waals surface area contributed by atoms with E-state index < -0.39 is 34.0 Å². The molecule has 2 aromatic rings. The summed E-state index contributed by atoms with van der Waals surface area (Å²) in [5.41, 5.74) is 0.741. The molecule has 6 nitrogen and oxygen atoms in total. The highest BCUT2D eigenvalue weighted by atomic mass is 32.2. The number of aryl methyl sites for hydroxylation is 1. The van der Waals surface area contributed by atoms with Gasteiger partial charge in [0.25, 0.3) is 10.0 Å². The Kier molecular flexibility index (Phi) is 6.34. The Labute approximate surface area is 184 Å². The third kappa shape index (κ3) is 4.84. The first-order valence-electron chi connectivity index (χ1n) is 10.6. The molecule has 176 valence electrons. The molecule has 0 amide bonds. The van der Waals surface area contributed by atoms with Gasteiger partial charge in [-0.3, -0.25) is 0 Å². The number of sulfonamides is 1. The molecule has 1 saturated carbocycles. The Hall–Kier alpha value is -1.98. The second kappa shape index (κ2) is 8.75. The van der Waals surface area contributed by atoms with Crippen molar-refractivity contribution in [1.82, 2.24) is 19.2 Å². The Bertz CT molecular complexity index is 1040. The van der Waals surface area contributed by atoms with E-state index in [2.05, 4.69) is 10.3 Å². The van der Waals surface area contributed by atoms with Crippen LogP contribution in [0.5, 0.6) is 0 Å². The van der Waals surface area contributed by atoms with Crippen LogP contribution < -0.4 is 5.32 Å². The number of aromatic nitrogens is 2. The fraction of sp³-hybridized carbons (Fsp3) is 0.571. The Morgan fingerprint density at radius 1 is 1.12 bits per heavy atom. The average molecular weight is 475 g/mol. The number of nitrogens with zero attached hydrogens (tertiary/aromatic N) is 3. The molecule has 0 radical (unpaired) electrons. The average Bonchev–Trinajstić information content (AvgIpc) is 3.36. The highest BCUT2D eigenvalue weighted by molar-refractivity contribution is 7.89. The van der Waals surface area contributed by atoms with E-state index >= 15 is 0 Å². The molecule has 1 saturated heterocycles. The van der Waals surface area contributed by atoms with E-state index in [0.717, 1.165) is 5.56 Å². The SMILES string of the molecule is Cn1cnc(S(=O)(=O)N2C[C@@H](NC3CCCC(C(F)(F)F)C3)[C@H](c3ccc(F)cc3)C2)c1. The maximum atomic E-state index is 13.4. The van der Waals surface area contributed by atoms with Crippen LogP contribution in [0.25, 0.3) is 0 Å². The van der Waals surface area contributed by atoms with Crippen LogP contribution in [-0.2, 0) is 17.1 Å². The van der Waals surface area contributed by atoms with Gasteiger partial charge in [-0.2, -0.15) is 17.5 Å². The summed E-state index contributed by atoms with van der Waals surface area (Å²) >= 11 is 0. The standard InChI is InChI=1S/C21H26F4N4O2S/c1-28-12-20(26-13-28)32(30,31)29-10-18(14-5-7-16(22)8-6-14)19(11-29)27-17-4-2-3-15(9-17)21(23,24)25/h5-8,12-13,15,17-19,27H,2-4,9-11H2,1H3/t15?,17?,18-,19+/m0/s1. The van der Waals surface area contributed by atoms with Crippen molar-refractivity contribution in [2.75, 3.05) is 13.1 Å². The van der Waals surface area contributed by atoms with Crippen molar-refractivity contribution < 1.29 is 26.0 Å². The summed E-state index contributed by atoms with van der Waals surface area (Å²) in [6.45, 7) is 0.242. The van der Waals surface area contributed by atoms with Crippen LogP contribution >= 0.6 is 0 Å². The lowest BCUT2D eigenvalue weighted by Gasteiger charge is -2.34.